The lowest BCUT2D eigenvalue weighted by Crippen LogP contribution is -2.48. The zero-order valence-corrected chi connectivity index (χ0v) is 20.7. The van der Waals surface area contributed by atoms with Crippen LogP contribution in [-0.4, -0.2) is 35.8 Å². The van der Waals surface area contributed by atoms with Gasteiger partial charge in [-0.05, 0) is 87.1 Å². The van der Waals surface area contributed by atoms with Crippen molar-refractivity contribution in [2.24, 2.45) is 29.6 Å². The smallest absolute Gasteiger partial charge is 0.407 e. The quantitative estimate of drug-likeness (QED) is 0.548. The first kappa shape index (κ1) is 24.5. The Morgan fingerprint density at radius 2 is 2.08 bits per heavy atom. The fourth-order valence-electron chi connectivity index (χ4n) is 6.64. The highest BCUT2D eigenvalue weighted by Crippen LogP contribution is 2.53. The Morgan fingerprint density at radius 3 is 2.83 bits per heavy atom. The number of benzene rings is 1. The SMILES string of the molecule is CCOC(=O)N[C@@H]1CC[C@H]2[C@H](C1)C[C@@H]1C(=O)O[C@H](C)[C@H]1[C@@H]2C=Cc1ccc(-c2cccc(F)c2)cn1. The molecule has 2 aliphatic carbocycles. The Kier molecular flexibility index (Phi) is 7.08. The summed E-state index contributed by atoms with van der Waals surface area (Å²) in [6.07, 6.45) is 9.07. The van der Waals surface area contributed by atoms with Crippen molar-refractivity contribution in [1.29, 1.82) is 0 Å². The highest BCUT2D eigenvalue weighted by molar-refractivity contribution is 5.75. The lowest BCUT2D eigenvalue weighted by atomic mass is 9.57. The second-order valence-corrected chi connectivity index (χ2v) is 10.3. The minimum atomic E-state index is -0.368. The molecule has 0 spiro atoms. The largest absolute Gasteiger partial charge is 0.462 e. The van der Waals surface area contributed by atoms with Crippen LogP contribution < -0.4 is 5.32 Å². The van der Waals surface area contributed by atoms with Gasteiger partial charge >= 0.3 is 12.1 Å². The maximum Gasteiger partial charge on any atom is 0.407 e. The number of carbonyl (C=O) groups is 2. The number of carbonyl (C=O) groups excluding carboxylic acids is 2. The molecule has 3 aliphatic rings. The molecule has 5 rings (SSSR count). The van der Waals surface area contributed by atoms with Gasteiger partial charge in [0.25, 0.3) is 0 Å². The number of amides is 1. The molecule has 0 unspecified atom stereocenters. The monoisotopic (exact) mass is 492 g/mol. The van der Waals surface area contributed by atoms with Gasteiger partial charge in [-0.1, -0.05) is 24.3 Å². The summed E-state index contributed by atoms with van der Waals surface area (Å²) in [6.45, 7) is 4.15. The second-order valence-electron chi connectivity index (χ2n) is 10.3. The molecule has 1 saturated heterocycles. The minimum Gasteiger partial charge on any atom is -0.462 e. The minimum absolute atomic E-state index is 0.0679. The van der Waals surface area contributed by atoms with Crippen LogP contribution >= 0.6 is 0 Å². The van der Waals surface area contributed by atoms with Crippen molar-refractivity contribution < 1.29 is 23.5 Å². The molecule has 0 radical (unpaired) electrons. The van der Waals surface area contributed by atoms with Crippen LogP contribution in [0, 0.1) is 35.4 Å². The number of rotatable bonds is 5. The van der Waals surface area contributed by atoms with E-state index in [2.05, 4.69) is 16.4 Å². The number of fused-ring (bicyclic) bond motifs is 2. The van der Waals surface area contributed by atoms with Gasteiger partial charge in [0.15, 0.2) is 0 Å². The first-order chi connectivity index (χ1) is 17.4. The number of halogens is 1. The van der Waals surface area contributed by atoms with Crippen LogP contribution in [0.4, 0.5) is 9.18 Å². The van der Waals surface area contributed by atoms with Gasteiger partial charge in [-0.2, -0.15) is 0 Å². The Balaban J connectivity index is 1.34. The zero-order chi connectivity index (χ0) is 25.2. The molecule has 1 aliphatic heterocycles. The molecule has 2 aromatic rings. The van der Waals surface area contributed by atoms with Gasteiger partial charge in [0, 0.05) is 23.7 Å². The van der Waals surface area contributed by atoms with Gasteiger partial charge < -0.3 is 14.8 Å². The average molecular weight is 493 g/mol. The molecule has 1 N–H and O–H groups in total. The molecule has 36 heavy (non-hydrogen) atoms. The summed E-state index contributed by atoms with van der Waals surface area (Å²) in [5.41, 5.74) is 2.48. The van der Waals surface area contributed by atoms with E-state index < -0.39 is 0 Å². The molecule has 1 aromatic carbocycles. The maximum atomic E-state index is 13.6. The zero-order valence-electron chi connectivity index (χ0n) is 20.7. The predicted molar refractivity (Wildman–Crippen MR) is 134 cm³/mol. The summed E-state index contributed by atoms with van der Waals surface area (Å²) in [6, 6.07) is 10.4. The van der Waals surface area contributed by atoms with Gasteiger partial charge in [-0.15, -0.1) is 0 Å². The first-order valence-corrected chi connectivity index (χ1v) is 13.0. The number of aromatic nitrogens is 1. The van der Waals surface area contributed by atoms with Crippen molar-refractivity contribution in [2.45, 2.75) is 51.7 Å². The average Bonchev–Trinajstić information content (AvgIpc) is 3.15. The van der Waals surface area contributed by atoms with E-state index in [0.29, 0.717) is 18.4 Å². The second kappa shape index (κ2) is 10.4. The van der Waals surface area contributed by atoms with Crippen LogP contribution in [0.25, 0.3) is 17.2 Å². The molecule has 7 atom stereocenters. The maximum absolute atomic E-state index is 13.6. The third kappa shape index (κ3) is 5.01. The Hall–Kier alpha value is -3.22. The van der Waals surface area contributed by atoms with E-state index in [1.165, 1.54) is 12.1 Å². The van der Waals surface area contributed by atoms with Crippen LogP contribution in [0.1, 0.15) is 45.2 Å². The van der Waals surface area contributed by atoms with Crippen molar-refractivity contribution in [3.8, 4) is 11.1 Å². The van der Waals surface area contributed by atoms with Crippen LogP contribution in [-0.2, 0) is 14.3 Å². The topological polar surface area (TPSA) is 77.5 Å². The van der Waals surface area contributed by atoms with E-state index in [0.717, 1.165) is 42.5 Å². The summed E-state index contributed by atoms with van der Waals surface area (Å²) >= 11 is 0. The number of pyridine rings is 1. The highest BCUT2D eigenvalue weighted by atomic mass is 19.1. The van der Waals surface area contributed by atoms with Crippen molar-refractivity contribution in [3.05, 3.63) is 60.2 Å². The number of cyclic esters (lactones) is 1. The summed E-state index contributed by atoms with van der Waals surface area (Å²) in [5, 5.41) is 3.00. The third-order valence-electron chi connectivity index (χ3n) is 8.18. The third-order valence-corrected chi connectivity index (χ3v) is 8.18. The fourth-order valence-corrected chi connectivity index (χ4v) is 6.64. The summed E-state index contributed by atoms with van der Waals surface area (Å²) < 4.78 is 24.3. The van der Waals surface area contributed by atoms with E-state index in [-0.39, 0.29) is 47.8 Å². The van der Waals surface area contributed by atoms with Gasteiger partial charge in [0.05, 0.1) is 18.2 Å². The number of esters is 1. The van der Waals surface area contributed by atoms with Gasteiger partial charge in [0.2, 0.25) is 0 Å². The highest BCUT2D eigenvalue weighted by Gasteiger charge is 2.54. The number of hydrogen-bond acceptors (Lipinski definition) is 5. The van der Waals surface area contributed by atoms with E-state index >= 15 is 0 Å². The van der Waals surface area contributed by atoms with Crippen molar-refractivity contribution >= 4 is 18.1 Å². The standard InChI is InChI=1S/C29H33FN2O4/c1-3-35-29(34)32-23-10-11-24-20(14-23)15-26-27(17(2)36-28(26)33)25(24)12-9-22-8-7-19(16-31-22)18-5-4-6-21(30)13-18/h4-9,12-13,16-17,20,23-27H,3,10-11,14-15H2,1-2H3,(H,32,34)/t17-,20-,23-,24+,25-,26+,27+/m1/s1. The molecular formula is C29H33FN2O4. The number of ether oxygens (including phenoxy) is 2. The number of nitrogens with one attached hydrogen (secondary N) is 1. The normalized spacial score (nSPS) is 31.4. The van der Waals surface area contributed by atoms with Crippen molar-refractivity contribution in [2.75, 3.05) is 6.61 Å². The van der Waals surface area contributed by atoms with Crippen LogP contribution in [0.2, 0.25) is 0 Å². The Morgan fingerprint density at radius 1 is 1.22 bits per heavy atom. The van der Waals surface area contributed by atoms with Crippen LogP contribution in [0.5, 0.6) is 0 Å². The van der Waals surface area contributed by atoms with Gasteiger partial charge in [-0.25, -0.2) is 9.18 Å². The van der Waals surface area contributed by atoms with E-state index in [1.54, 1.807) is 19.2 Å². The lowest BCUT2D eigenvalue weighted by Gasteiger charge is -2.47. The van der Waals surface area contributed by atoms with Gasteiger partial charge in [0.1, 0.15) is 11.9 Å². The molecule has 1 aromatic heterocycles. The molecule has 6 nitrogen and oxygen atoms in total. The molecular weight excluding hydrogens is 459 g/mol. The molecule has 2 saturated carbocycles. The predicted octanol–water partition coefficient (Wildman–Crippen LogP) is 5.63. The van der Waals surface area contributed by atoms with Crippen LogP contribution in [0.3, 0.4) is 0 Å². The molecule has 7 heteroatoms. The molecule has 1 amide bonds. The number of nitrogens with zero attached hydrogens (tertiary/aromatic N) is 1. The number of hydrogen-bond donors (Lipinski definition) is 1. The molecule has 2 heterocycles. The van der Waals surface area contributed by atoms with Crippen molar-refractivity contribution in [1.82, 2.24) is 10.3 Å². The van der Waals surface area contributed by atoms with Crippen LogP contribution in [0.15, 0.2) is 48.7 Å². The summed E-state index contributed by atoms with van der Waals surface area (Å²) in [4.78, 5) is 29.2. The lowest BCUT2D eigenvalue weighted by molar-refractivity contribution is -0.144. The Bertz CT molecular complexity index is 1130. The van der Waals surface area contributed by atoms with Crippen molar-refractivity contribution in [3.63, 3.8) is 0 Å². The molecule has 0 bridgehead atoms. The van der Waals surface area contributed by atoms with E-state index in [9.17, 15) is 14.0 Å². The van der Waals surface area contributed by atoms with E-state index in [4.69, 9.17) is 9.47 Å². The van der Waals surface area contributed by atoms with Gasteiger partial charge in [-0.3, -0.25) is 9.78 Å². The first-order valence-electron chi connectivity index (χ1n) is 13.0. The van der Waals surface area contributed by atoms with E-state index in [1.807, 2.05) is 31.2 Å². The summed E-state index contributed by atoms with van der Waals surface area (Å²) in [5.74, 6) is 0.629. The molecule has 3 fully saturated rings. The Labute approximate surface area is 211 Å². The summed E-state index contributed by atoms with van der Waals surface area (Å²) in [7, 11) is 0. The number of alkyl carbamates (subject to hydrolysis) is 1. The number of allylic oxidation sites excluding steroid dienone is 1. The fraction of sp³-hybridized carbons (Fsp3) is 0.483. The molecule has 190 valence electrons.